The highest BCUT2D eigenvalue weighted by molar-refractivity contribution is 8.93. The Kier molecular flexibility index (Phi) is 4.26. The van der Waals surface area contributed by atoms with Gasteiger partial charge in [0, 0.05) is 17.5 Å². The number of aromatic hydroxyl groups is 1. The van der Waals surface area contributed by atoms with Gasteiger partial charge in [0.1, 0.15) is 5.75 Å². The molecule has 1 saturated carbocycles. The molecule has 0 spiro atoms. The maximum absolute atomic E-state index is 9.78. The fraction of sp³-hybridized carbons (Fsp3) is 0.625. The SMILES string of the molecule is Br.CCC1N(C)C2CCCC1(c1cccc(O)c1)C2. The van der Waals surface area contributed by atoms with Gasteiger partial charge in [-0.3, -0.25) is 4.90 Å². The number of halogens is 1. The van der Waals surface area contributed by atoms with Gasteiger partial charge in [0.05, 0.1) is 0 Å². The van der Waals surface area contributed by atoms with E-state index in [1.54, 1.807) is 6.07 Å². The van der Waals surface area contributed by atoms with E-state index in [1.165, 1.54) is 37.7 Å². The Labute approximate surface area is 126 Å². The Morgan fingerprint density at radius 2 is 2.21 bits per heavy atom. The van der Waals surface area contributed by atoms with Crippen molar-refractivity contribution in [3.8, 4) is 5.75 Å². The van der Waals surface area contributed by atoms with Crippen LogP contribution in [0.25, 0.3) is 0 Å². The molecule has 19 heavy (non-hydrogen) atoms. The maximum atomic E-state index is 9.78. The standard InChI is InChI=1S/C16H23NO.BrH/c1-3-15-16(12-6-4-8-14(18)10-12)9-5-7-13(11-16)17(15)2;/h4,6,8,10,13,15,18H,3,5,7,9,11H2,1-2H3;1H. The first-order chi connectivity index (χ1) is 8.67. The number of phenols is 1. The predicted octanol–water partition coefficient (Wildman–Crippen LogP) is 3.87. The number of hydrogen-bond acceptors (Lipinski definition) is 2. The molecule has 1 N–H and O–H groups in total. The molecule has 2 bridgehead atoms. The molecule has 2 aliphatic rings. The number of likely N-dealkylation sites (N-methyl/N-ethyl adjacent to an activating group) is 1. The molecule has 2 nitrogen and oxygen atoms in total. The maximum Gasteiger partial charge on any atom is 0.115 e. The molecule has 3 heteroatoms. The highest BCUT2D eigenvalue weighted by atomic mass is 79.9. The van der Waals surface area contributed by atoms with Gasteiger partial charge < -0.3 is 5.11 Å². The van der Waals surface area contributed by atoms with Crippen molar-refractivity contribution in [2.24, 2.45) is 0 Å². The molecular weight excluding hydrogens is 302 g/mol. The van der Waals surface area contributed by atoms with Crippen molar-refractivity contribution in [1.29, 1.82) is 0 Å². The normalized spacial score (nSPS) is 34.0. The van der Waals surface area contributed by atoms with Gasteiger partial charge in [0.25, 0.3) is 0 Å². The topological polar surface area (TPSA) is 23.5 Å². The molecule has 1 aromatic rings. The Morgan fingerprint density at radius 1 is 1.42 bits per heavy atom. The molecule has 0 amide bonds. The van der Waals surface area contributed by atoms with Crippen LogP contribution in [-0.2, 0) is 5.41 Å². The van der Waals surface area contributed by atoms with E-state index < -0.39 is 0 Å². The van der Waals surface area contributed by atoms with Crippen molar-refractivity contribution in [3.63, 3.8) is 0 Å². The Hall–Kier alpha value is -0.540. The average Bonchev–Trinajstić information content (AvgIpc) is 2.58. The molecule has 1 aliphatic heterocycles. The zero-order valence-corrected chi connectivity index (χ0v) is 13.5. The summed E-state index contributed by atoms with van der Waals surface area (Å²) in [6, 6.07) is 9.35. The minimum Gasteiger partial charge on any atom is -0.508 e. The number of likely N-dealkylation sites (tertiary alicyclic amines) is 1. The van der Waals surface area contributed by atoms with Crippen LogP contribution in [0.5, 0.6) is 5.75 Å². The lowest BCUT2D eigenvalue weighted by atomic mass is 9.66. The minimum atomic E-state index is 0. The van der Waals surface area contributed by atoms with Crippen LogP contribution in [0.3, 0.4) is 0 Å². The summed E-state index contributed by atoms with van der Waals surface area (Å²) in [7, 11) is 2.29. The van der Waals surface area contributed by atoms with Gasteiger partial charge in [-0.05, 0) is 50.4 Å². The summed E-state index contributed by atoms with van der Waals surface area (Å²) in [4.78, 5) is 2.59. The molecule has 1 aromatic carbocycles. The molecule has 1 saturated heterocycles. The summed E-state index contributed by atoms with van der Waals surface area (Å²) in [5.74, 6) is 0.411. The van der Waals surface area contributed by atoms with Crippen molar-refractivity contribution in [1.82, 2.24) is 4.90 Å². The minimum absolute atomic E-state index is 0. The van der Waals surface area contributed by atoms with Gasteiger partial charge >= 0.3 is 0 Å². The van der Waals surface area contributed by atoms with Gasteiger partial charge in [-0.15, -0.1) is 17.0 Å². The molecule has 3 unspecified atom stereocenters. The lowest BCUT2D eigenvalue weighted by Gasteiger charge is -2.37. The number of rotatable bonds is 2. The summed E-state index contributed by atoms with van der Waals surface area (Å²) >= 11 is 0. The number of nitrogens with zero attached hydrogens (tertiary/aromatic N) is 1. The van der Waals surface area contributed by atoms with Crippen LogP contribution < -0.4 is 0 Å². The van der Waals surface area contributed by atoms with E-state index in [0.717, 1.165) is 6.04 Å². The Bertz CT molecular complexity index is 450. The first kappa shape index (κ1) is 14.9. The molecule has 3 atom stereocenters. The lowest BCUT2D eigenvalue weighted by molar-refractivity contribution is 0.217. The second-order valence-corrected chi connectivity index (χ2v) is 6.05. The molecule has 1 heterocycles. The van der Waals surface area contributed by atoms with Crippen molar-refractivity contribution in [2.75, 3.05) is 7.05 Å². The smallest absolute Gasteiger partial charge is 0.115 e. The average molecular weight is 326 g/mol. The highest BCUT2D eigenvalue weighted by Crippen LogP contribution is 2.52. The summed E-state index contributed by atoms with van der Waals surface area (Å²) < 4.78 is 0. The molecule has 1 aliphatic carbocycles. The summed E-state index contributed by atoms with van der Waals surface area (Å²) in [6.07, 6.45) is 6.40. The van der Waals surface area contributed by atoms with Crippen LogP contribution in [0, 0.1) is 0 Å². The zero-order chi connectivity index (χ0) is 12.8. The van der Waals surface area contributed by atoms with Crippen LogP contribution in [0.1, 0.15) is 44.6 Å². The third kappa shape index (κ3) is 2.21. The molecular formula is C16H24BrNO. The number of fused-ring (bicyclic) bond motifs is 2. The quantitative estimate of drug-likeness (QED) is 0.892. The van der Waals surface area contributed by atoms with E-state index in [4.69, 9.17) is 0 Å². The fourth-order valence-corrected chi connectivity index (χ4v) is 4.52. The van der Waals surface area contributed by atoms with Gasteiger partial charge in [0.15, 0.2) is 0 Å². The van der Waals surface area contributed by atoms with Crippen LogP contribution in [0.4, 0.5) is 0 Å². The molecule has 0 aromatic heterocycles. The van der Waals surface area contributed by atoms with Gasteiger partial charge in [-0.25, -0.2) is 0 Å². The second kappa shape index (κ2) is 5.45. The Balaban J connectivity index is 0.00000133. The number of benzene rings is 1. The van der Waals surface area contributed by atoms with Crippen LogP contribution in [0.15, 0.2) is 24.3 Å². The van der Waals surface area contributed by atoms with Crippen LogP contribution >= 0.6 is 17.0 Å². The zero-order valence-electron chi connectivity index (χ0n) is 11.8. The third-order valence-corrected chi connectivity index (χ3v) is 5.27. The van der Waals surface area contributed by atoms with Crippen molar-refractivity contribution in [2.45, 2.75) is 56.5 Å². The van der Waals surface area contributed by atoms with Gasteiger partial charge in [-0.1, -0.05) is 25.5 Å². The molecule has 3 rings (SSSR count). The third-order valence-electron chi connectivity index (χ3n) is 5.27. The van der Waals surface area contributed by atoms with E-state index in [-0.39, 0.29) is 22.4 Å². The van der Waals surface area contributed by atoms with E-state index >= 15 is 0 Å². The van der Waals surface area contributed by atoms with Crippen molar-refractivity contribution >= 4 is 17.0 Å². The van der Waals surface area contributed by atoms with E-state index in [1.807, 2.05) is 12.1 Å². The fourth-order valence-electron chi connectivity index (χ4n) is 4.52. The molecule has 2 fully saturated rings. The molecule has 0 radical (unpaired) electrons. The second-order valence-electron chi connectivity index (χ2n) is 6.05. The monoisotopic (exact) mass is 325 g/mol. The van der Waals surface area contributed by atoms with E-state index in [0.29, 0.717) is 11.8 Å². The van der Waals surface area contributed by atoms with Crippen LogP contribution in [0.2, 0.25) is 0 Å². The van der Waals surface area contributed by atoms with E-state index in [2.05, 4.69) is 24.9 Å². The highest BCUT2D eigenvalue weighted by Gasteiger charge is 2.52. The summed E-state index contributed by atoms with van der Waals surface area (Å²) in [5, 5.41) is 9.78. The van der Waals surface area contributed by atoms with Crippen molar-refractivity contribution in [3.05, 3.63) is 29.8 Å². The number of hydrogen-bond donors (Lipinski definition) is 1. The molecule has 106 valence electrons. The van der Waals surface area contributed by atoms with Gasteiger partial charge in [-0.2, -0.15) is 0 Å². The van der Waals surface area contributed by atoms with Crippen molar-refractivity contribution < 1.29 is 5.11 Å². The first-order valence-corrected chi connectivity index (χ1v) is 7.19. The first-order valence-electron chi connectivity index (χ1n) is 7.19. The summed E-state index contributed by atoms with van der Waals surface area (Å²) in [5.41, 5.74) is 1.63. The summed E-state index contributed by atoms with van der Waals surface area (Å²) in [6.45, 7) is 2.30. The largest absolute Gasteiger partial charge is 0.508 e. The predicted molar refractivity (Wildman–Crippen MR) is 84.2 cm³/mol. The van der Waals surface area contributed by atoms with Gasteiger partial charge in [0.2, 0.25) is 0 Å². The Morgan fingerprint density at radius 3 is 2.89 bits per heavy atom. The van der Waals surface area contributed by atoms with E-state index in [9.17, 15) is 5.11 Å². The lowest BCUT2D eigenvalue weighted by Crippen LogP contribution is -2.40. The number of phenolic OH excluding ortho intramolecular Hbond substituents is 1. The van der Waals surface area contributed by atoms with Crippen LogP contribution in [-0.4, -0.2) is 29.1 Å².